The predicted octanol–water partition coefficient (Wildman–Crippen LogP) is 4.76. The maximum absolute atomic E-state index is 12.4. The molecule has 1 amide bonds. The lowest BCUT2D eigenvalue weighted by Crippen LogP contribution is -2.33. The van der Waals surface area contributed by atoms with Gasteiger partial charge >= 0.3 is 0 Å². The van der Waals surface area contributed by atoms with Crippen molar-refractivity contribution >= 4 is 17.7 Å². The fraction of sp³-hybridized carbons (Fsp3) is 0.409. The molecule has 0 fully saturated rings. The smallest absolute Gasteiger partial charge is 0.230 e. The first-order chi connectivity index (χ1) is 14.2. The number of hydrogen-bond acceptors (Lipinski definition) is 5. The molecular formula is C22H28N4O2S. The Morgan fingerprint density at radius 2 is 2.00 bits per heavy atom. The highest BCUT2D eigenvalue weighted by Gasteiger charge is 2.18. The second kappa shape index (κ2) is 10.9. The summed E-state index contributed by atoms with van der Waals surface area (Å²) in [6.45, 7) is 4.86. The van der Waals surface area contributed by atoms with Gasteiger partial charge in [-0.15, -0.1) is 10.2 Å². The third-order valence-corrected chi connectivity index (χ3v) is 5.59. The van der Waals surface area contributed by atoms with Crippen molar-refractivity contribution in [1.29, 1.82) is 0 Å². The Balaban J connectivity index is 1.66. The number of amides is 1. The van der Waals surface area contributed by atoms with Gasteiger partial charge < -0.3 is 9.73 Å². The number of hydrogen-bond donors (Lipinski definition) is 1. The number of rotatable bonds is 11. The van der Waals surface area contributed by atoms with Gasteiger partial charge in [0.25, 0.3) is 0 Å². The number of nitrogens with zero attached hydrogens (tertiary/aromatic N) is 3. The van der Waals surface area contributed by atoms with E-state index in [1.54, 1.807) is 6.26 Å². The summed E-state index contributed by atoms with van der Waals surface area (Å²) >= 11 is 1.40. The van der Waals surface area contributed by atoms with E-state index in [2.05, 4.69) is 41.5 Å². The molecule has 0 unspecified atom stereocenters. The Bertz CT molecular complexity index is 878. The van der Waals surface area contributed by atoms with Gasteiger partial charge in [-0.05, 0) is 31.0 Å². The highest BCUT2D eigenvalue weighted by Crippen LogP contribution is 2.25. The molecular weight excluding hydrogens is 384 g/mol. The molecule has 1 aromatic carbocycles. The topological polar surface area (TPSA) is 73.0 Å². The molecule has 2 heterocycles. The highest BCUT2D eigenvalue weighted by molar-refractivity contribution is 7.99. The van der Waals surface area contributed by atoms with Crippen molar-refractivity contribution in [1.82, 2.24) is 20.1 Å². The predicted molar refractivity (Wildman–Crippen MR) is 116 cm³/mol. The average Bonchev–Trinajstić information content (AvgIpc) is 3.37. The van der Waals surface area contributed by atoms with Crippen LogP contribution in [0.3, 0.4) is 0 Å². The molecule has 0 radical (unpaired) electrons. The van der Waals surface area contributed by atoms with Gasteiger partial charge in [0, 0.05) is 6.04 Å². The fourth-order valence-corrected chi connectivity index (χ4v) is 3.86. The Labute approximate surface area is 176 Å². The third-order valence-electron chi connectivity index (χ3n) is 4.62. The van der Waals surface area contributed by atoms with Crippen LogP contribution in [0.15, 0.2) is 58.3 Å². The van der Waals surface area contributed by atoms with Crippen LogP contribution >= 0.6 is 11.8 Å². The van der Waals surface area contributed by atoms with Crippen LogP contribution in [0.5, 0.6) is 0 Å². The molecule has 0 saturated heterocycles. The number of aromatic nitrogens is 3. The summed E-state index contributed by atoms with van der Waals surface area (Å²) in [5.41, 5.74) is 1.14. The van der Waals surface area contributed by atoms with Crippen LogP contribution < -0.4 is 5.32 Å². The van der Waals surface area contributed by atoms with E-state index in [4.69, 9.17) is 4.42 Å². The minimum atomic E-state index is 0.0211. The van der Waals surface area contributed by atoms with Crippen molar-refractivity contribution in [2.75, 3.05) is 5.75 Å². The first-order valence-corrected chi connectivity index (χ1v) is 11.1. The molecule has 1 N–H and O–H groups in total. The maximum Gasteiger partial charge on any atom is 0.230 e. The van der Waals surface area contributed by atoms with E-state index in [9.17, 15) is 4.79 Å². The average molecular weight is 413 g/mol. The number of unbranched alkanes of at least 4 members (excludes halogenated alkanes) is 2. The van der Waals surface area contributed by atoms with Gasteiger partial charge in [-0.1, -0.05) is 68.3 Å². The van der Waals surface area contributed by atoms with Gasteiger partial charge in [0.15, 0.2) is 10.9 Å². The van der Waals surface area contributed by atoms with E-state index in [0.29, 0.717) is 29.0 Å². The lowest BCUT2D eigenvalue weighted by Gasteiger charge is -2.13. The summed E-state index contributed by atoms with van der Waals surface area (Å²) in [5.74, 6) is 1.65. The Kier molecular flexibility index (Phi) is 7.93. The standard InChI is InChI=1S/C22H28N4O2S/c1-3-4-6-10-17(2)23-20(27)16-29-22-25-24-21(19-13-9-14-28-19)26(22)15-18-11-7-5-8-12-18/h5,7-9,11-14,17H,3-4,6,10,15-16H2,1-2H3,(H,23,27)/t17-/m0/s1. The van der Waals surface area contributed by atoms with E-state index in [0.717, 1.165) is 18.4 Å². The van der Waals surface area contributed by atoms with Gasteiger partial charge in [0.2, 0.25) is 11.7 Å². The molecule has 0 bridgehead atoms. The molecule has 3 rings (SSSR count). The third kappa shape index (κ3) is 6.22. The van der Waals surface area contributed by atoms with Crippen LogP contribution in [0.1, 0.15) is 45.1 Å². The number of nitrogens with one attached hydrogen (secondary N) is 1. The first-order valence-electron chi connectivity index (χ1n) is 10.1. The highest BCUT2D eigenvalue weighted by atomic mass is 32.2. The number of carbonyl (C=O) groups excluding carboxylic acids is 1. The molecule has 29 heavy (non-hydrogen) atoms. The molecule has 2 aromatic heterocycles. The van der Waals surface area contributed by atoms with Crippen LogP contribution in [0, 0.1) is 0 Å². The monoisotopic (exact) mass is 412 g/mol. The summed E-state index contributed by atoms with van der Waals surface area (Å²) in [5, 5.41) is 12.4. The molecule has 154 valence electrons. The molecule has 3 aromatic rings. The SMILES string of the molecule is CCCCC[C@H](C)NC(=O)CSc1nnc(-c2ccco2)n1Cc1ccccc1. The zero-order chi connectivity index (χ0) is 20.5. The van der Waals surface area contributed by atoms with Gasteiger partial charge in [-0.25, -0.2) is 0 Å². The van der Waals surface area contributed by atoms with E-state index in [-0.39, 0.29) is 11.9 Å². The second-order valence-electron chi connectivity index (χ2n) is 7.11. The van der Waals surface area contributed by atoms with Crippen LogP contribution in [0.25, 0.3) is 11.6 Å². The lowest BCUT2D eigenvalue weighted by molar-refractivity contribution is -0.119. The van der Waals surface area contributed by atoms with Crippen LogP contribution in [0.2, 0.25) is 0 Å². The van der Waals surface area contributed by atoms with E-state index in [1.807, 2.05) is 34.9 Å². The summed E-state index contributed by atoms with van der Waals surface area (Å²) in [6, 6.07) is 14.0. The van der Waals surface area contributed by atoms with Gasteiger partial charge in [-0.3, -0.25) is 9.36 Å². The molecule has 7 heteroatoms. The summed E-state index contributed by atoms with van der Waals surface area (Å²) in [6.07, 6.45) is 6.16. The molecule has 6 nitrogen and oxygen atoms in total. The minimum absolute atomic E-state index is 0.0211. The number of thioether (sulfide) groups is 1. The number of furan rings is 1. The fourth-order valence-electron chi connectivity index (χ4n) is 3.11. The zero-order valence-corrected chi connectivity index (χ0v) is 17.8. The molecule has 0 spiro atoms. The van der Waals surface area contributed by atoms with Crippen molar-refractivity contribution < 1.29 is 9.21 Å². The lowest BCUT2D eigenvalue weighted by atomic mass is 10.1. The van der Waals surface area contributed by atoms with Gasteiger partial charge in [-0.2, -0.15) is 0 Å². The van der Waals surface area contributed by atoms with Crippen molar-refractivity contribution in [3.8, 4) is 11.6 Å². The van der Waals surface area contributed by atoms with Gasteiger partial charge in [0.1, 0.15) is 0 Å². The normalized spacial score (nSPS) is 12.1. The van der Waals surface area contributed by atoms with Gasteiger partial charge in [0.05, 0.1) is 18.6 Å². The largest absolute Gasteiger partial charge is 0.461 e. The molecule has 0 aliphatic rings. The Hall–Kier alpha value is -2.54. The molecule has 0 aliphatic carbocycles. The Morgan fingerprint density at radius 1 is 1.17 bits per heavy atom. The second-order valence-corrected chi connectivity index (χ2v) is 8.05. The maximum atomic E-state index is 12.4. The number of carbonyl (C=O) groups is 1. The summed E-state index contributed by atoms with van der Waals surface area (Å²) < 4.78 is 7.52. The molecule has 0 aliphatic heterocycles. The van der Waals surface area contributed by atoms with Crippen molar-refractivity contribution in [3.05, 3.63) is 54.3 Å². The summed E-state index contributed by atoms with van der Waals surface area (Å²) in [4.78, 5) is 12.4. The van der Waals surface area contributed by atoms with Crippen LogP contribution in [0.4, 0.5) is 0 Å². The van der Waals surface area contributed by atoms with Crippen LogP contribution in [-0.4, -0.2) is 32.5 Å². The first kappa shape index (κ1) is 21.2. The van der Waals surface area contributed by atoms with E-state index >= 15 is 0 Å². The molecule has 1 atom stereocenters. The quantitative estimate of drug-likeness (QED) is 0.363. The van der Waals surface area contributed by atoms with Crippen molar-refractivity contribution in [2.45, 2.75) is 57.3 Å². The van der Waals surface area contributed by atoms with E-state index in [1.165, 1.54) is 24.6 Å². The summed E-state index contributed by atoms with van der Waals surface area (Å²) in [7, 11) is 0. The minimum Gasteiger partial charge on any atom is -0.461 e. The van der Waals surface area contributed by atoms with Crippen molar-refractivity contribution in [2.24, 2.45) is 0 Å². The van der Waals surface area contributed by atoms with Crippen LogP contribution in [-0.2, 0) is 11.3 Å². The zero-order valence-electron chi connectivity index (χ0n) is 17.0. The number of benzene rings is 1. The van der Waals surface area contributed by atoms with Crippen molar-refractivity contribution in [3.63, 3.8) is 0 Å². The van der Waals surface area contributed by atoms with E-state index < -0.39 is 0 Å². The molecule has 0 saturated carbocycles. The Morgan fingerprint density at radius 3 is 2.72 bits per heavy atom.